The summed E-state index contributed by atoms with van der Waals surface area (Å²) >= 11 is 5.84. The van der Waals surface area contributed by atoms with Crippen LogP contribution >= 0.6 is 11.6 Å². The van der Waals surface area contributed by atoms with Gasteiger partial charge in [0.2, 0.25) is 0 Å². The largest absolute Gasteiger partial charge is 0.263 e. The molecule has 0 amide bonds. The van der Waals surface area contributed by atoms with Crippen LogP contribution in [0.3, 0.4) is 0 Å². The van der Waals surface area contributed by atoms with E-state index in [1.165, 1.54) is 6.20 Å². The van der Waals surface area contributed by atoms with Crippen LogP contribution < -0.4 is 0 Å². The summed E-state index contributed by atoms with van der Waals surface area (Å²) in [6.07, 6.45) is 3.09. The van der Waals surface area contributed by atoms with E-state index in [1.54, 1.807) is 18.3 Å². The Hall–Kier alpha value is -1.99. The van der Waals surface area contributed by atoms with Crippen LogP contribution in [0.5, 0.6) is 0 Å². The quantitative estimate of drug-likeness (QED) is 0.706. The first-order chi connectivity index (χ1) is 7.69. The number of nitriles is 1. The molecule has 0 unspecified atom stereocenters. The average molecular weight is 231 g/mol. The number of aromatic nitrogens is 3. The summed E-state index contributed by atoms with van der Waals surface area (Å²) in [5, 5.41) is 9.14. The number of hydrogen-bond acceptors (Lipinski definition) is 4. The summed E-state index contributed by atoms with van der Waals surface area (Å²) in [6, 6.07) is 5.37. The third-order valence-electron chi connectivity index (χ3n) is 1.95. The second kappa shape index (κ2) is 4.25. The Morgan fingerprint density at radius 2 is 2.06 bits per heavy atom. The maximum atomic E-state index is 8.76. The minimum Gasteiger partial charge on any atom is -0.263 e. The van der Waals surface area contributed by atoms with Gasteiger partial charge in [-0.25, -0.2) is 9.97 Å². The number of aryl methyl sites for hydroxylation is 1. The van der Waals surface area contributed by atoms with Gasteiger partial charge in [-0.2, -0.15) is 5.26 Å². The van der Waals surface area contributed by atoms with E-state index in [9.17, 15) is 0 Å². The van der Waals surface area contributed by atoms with Gasteiger partial charge in [0.25, 0.3) is 0 Å². The van der Waals surface area contributed by atoms with Crippen molar-refractivity contribution in [3.05, 3.63) is 40.9 Å². The zero-order valence-electron chi connectivity index (χ0n) is 8.48. The standard InChI is InChI=1S/C11H7ClN4/c1-7-2-10(12)16-11(15-7)9-3-8(4-13)5-14-6-9/h2-3,5-6H,1H3. The highest BCUT2D eigenvalue weighted by atomic mass is 35.5. The van der Waals surface area contributed by atoms with E-state index >= 15 is 0 Å². The van der Waals surface area contributed by atoms with Gasteiger partial charge < -0.3 is 0 Å². The molecule has 0 aliphatic heterocycles. The highest BCUT2D eigenvalue weighted by molar-refractivity contribution is 6.29. The van der Waals surface area contributed by atoms with Crippen LogP contribution in [0, 0.1) is 18.3 Å². The Balaban J connectivity index is 2.54. The predicted molar refractivity (Wildman–Crippen MR) is 59.7 cm³/mol. The van der Waals surface area contributed by atoms with Gasteiger partial charge >= 0.3 is 0 Å². The number of hydrogen-bond donors (Lipinski definition) is 0. The highest BCUT2D eigenvalue weighted by Crippen LogP contribution is 2.17. The van der Waals surface area contributed by atoms with Crippen LogP contribution in [0.4, 0.5) is 0 Å². The third-order valence-corrected chi connectivity index (χ3v) is 2.14. The van der Waals surface area contributed by atoms with Gasteiger partial charge in [0, 0.05) is 23.7 Å². The molecule has 0 bridgehead atoms. The summed E-state index contributed by atoms with van der Waals surface area (Å²) in [4.78, 5) is 12.3. The van der Waals surface area contributed by atoms with Crippen LogP contribution in [0.15, 0.2) is 24.5 Å². The lowest BCUT2D eigenvalue weighted by Gasteiger charge is -2.01. The molecule has 4 nitrogen and oxygen atoms in total. The first-order valence-electron chi connectivity index (χ1n) is 4.56. The number of halogens is 1. The summed E-state index contributed by atoms with van der Waals surface area (Å²) in [7, 11) is 0. The molecule has 2 aromatic heterocycles. The van der Waals surface area contributed by atoms with E-state index in [1.807, 2.05) is 13.0 Å². The molecule has 2 rings (SSSR count). The minimum absolute atomic E-state index is 0.380. The molecule has 0 atom stereocenters. The molecule has 0 radical (unpaired) electrons. The van der Waals surface area contributed by atoms with Crippen molar-refractivity contribution in [3.8, 4) is 17.5 Å². The summed E-state index contributed by atoms with van der Waals surface area (Å²) in [6.45, 7) is 1.83. The molecule has 16 heavy (non-hydrogen) atoms. The van der Waals surface area contributed by atoms with Crippen molar-refractivity contribution in [2.45, 2.75) is 6.92 Å². The molecule has 0 aliphatic rings. The van der Waals surface area contributed by atoms with Crippen LogP contribution in [-0.4, -0.2) is 15.0 Å². The van der Waals surface area contributed by atoms with Crippen molar-refractivity contribution < 1.29 is 0 Å². The second-order valence-electron chi connectivity index (χ2n) is 3.23. The van der Waals surface area contributed by atoms with E-state index in [0.29, 0.717) is 22.1 Å². The van der Waals surface area contributed by atoms with Crippen LogP contribution in [0.2, 0.25) is 5.15 Å². The summed E-state index contributed by atoms with van der Waals surface area (Å²) < 4.78 is 0. The normalized spacial score (nSPS) is 9.81. The minimum atomic E-state index is 0.380. The fourth-order valence-electron chi connectivity index (χ4n) is 1.28. The third kappa shape index (κ3) is 2.15. The molecule has 78 valence electrons. The molecule has 0 N–H and O–H groups in total. The molecular weight excluding hydrogens is 224 g/mol. The Morgan fingerprint density at radius 3 is 2.75 bits per heavy atom. The Kier molecular flexibility index (Phi) is 2.80. The Morgan fingerprint density at radius 1 is 1.25 bits per heavy atom. The monoisotopic (exact) mass is 230 g/mol. The van der Waals surface area contributed by atoms with E-state index in [4.69, 9.17) is 16.9 Å². The zero-order valence-corrected chi connectivity index (χ0v) is 9.23. The van der Waals surface area contributed by atoms with Crippen molar-refractivity contribution in [1.82, 2.24) is 15.0 Å². The van der Waals surface area contributed by atoms with Crippen LogP contribution in [0.1, 0.15) is 11.3 Å². The number of pyridine rings is 1. The fourth-order valence-corrected chi connectivity index (χ4v) is 1.52. The summed E-state index contributed by atoms with van der Waals surface area (Å²) in [5.74, 6) is 0.481. The van der Waals surface area contributed by atoms with Crippen LogP contribution in [-0.2, 0) is 0 Å². The SMILES string of the molecule is Cc1cc(Cl)nc(-c2cncc(C#N)c2)n1. The maximum Gasteiger partial charge on any atom is 0.162 e. The molecule has 0 saturated heterocycles. The molecule has 2 heterocycles. The van der Waals surface area contributed by atoms with Gasteiger partial charge in [-0.15, -0.1) is 0 Å². The molecule has 5 heteroatoms. The fraction of sp³-hybridized carbons (Fsp3) is 0.0909. The lowest BCUT2D eigenvalue weighted by atomic mass is 10.2. The van der Waals surface area contributed by atoms with Gasteiger partial charge in [0.1, 0.15) is 11.2 Å². The first-order valence-corrected chi connectivity index (χ1v) is 4.93. The smallest absolute Gasteiger partial charge is 0.162 e. The molecule has 0 saturated carbocycles. The van der Waals surface area contributed by atoms with Crippen molar-refractivity contribution in [2.75, 3.05) is 0 Å². The predicted octanol–water partition coefficient (Wildman–Crippen LogP) is 2.37. The van der Waals surface area contributed by atoms with Crippen molar-refractivity contribution >= 4 is 11.6 Å². The van der Waals surface area contributed by atoms with Crippen molar-refractivity contribution in [3.63, 3.8) is 0 Å². The second-order valence-corrected chi connectivity index (χ2v) is 3.62. The molecule has 0 aliphatic carbocycles. The van der Waals surface area contributed by atoms with E-state index in [2.05, 4.69) is 15.0 Å². The number of rotatable bonds is 1. The van der Waals surface area contributed by atoms with E-state index in [-0.39, 0.29) is 0 Å². The lowest BCUT2D eigenvalue weighted by Crippen LogP contribution is -1.93. The van der Waals surface area contributed by atoms with E-state index in [0.717, 1.165) is 5.69 Å². The van der Waals surface area contributed by atoms with Crippen molar-refractivity contribution in [1.29, 1.82) is 5.26 Å². The Bertz CT molecular complexity index is 554. The molecule has 0 spiro atoms. The first kappa shape index (κ1) is 10.5. The lowest BCUT2D eigenvalue weighted by molar-refractivity contribution is 1.10. The van der Waals surface area contributed by atoms with Crippen molar-refractivity contribution in [2.24, 2.45) is 0 Å². The highest BCUT2D eigenvalue weighted by Gasteiger charge is 2.05. The summed E-state index contributed by atoms with van der Waals surface area (Å²) in [5.41, 5.74) is 1.93. The van der Waals surface area contributed by atoms with Gasteiger partial charge in [0.15, 0.2) is 5.82 Å². The van der Waals surface area contributed by atoms with Gasteiger partial charge in [0.05, 0.1) is 5.56 Å². The van der Waals surface area contributed by atoms with Crippen LogP contribution in [0.25, 0.3) is 11.4 Å². The maximum absolute atomic E-state index is 8.76. The van der Waals surface area contributed by atoms with Gasteiger partial charge in [-0.05, 0) is 19.1 Å². The molecule has 0 fully saturated rings. The average Bonchev–Trinajstić information content (AvgIpc) is 2.28. The Labute approximate surface area is 97.6 Å². The van der Waals surface area contributed by atoms with Gasteiger partial charge in [-0.3, -0.25) is 4.98 Å². The zero-order chi connectivity index (χ0) is 11.5. The molecule has 2 aromatic rings. The molecule has 0 aromatic carbocycles. The topological polar surface area (TPSA) is 62.5 Å². The van der Waals surface area contributed by atoms with Gasteiger partial charge in [-0.1, -0.05) is 11.6 Å². The number of nitrogens with zero attached hydrogens (tertiary/aromatic N) is 4. The molecular formula is C11H7ClN4. The van der Waals surface area contributed by atoms with E-state index < -0.39 is 0 Å².